The molecule has 0 bridgehead atoms. The SMILES string of the molecule is CC/C=C\CCCC(=O)OCC1O[C@@H](n2ccc(=O)[nH]c2=O)[C@H](O)[C@@H]1O. The number of nitrogens with zero attached hydrogens (tertiary/aromatic N) is 1. The van der Waals surface area contributed by atoms with Crippen molar-refractivity contribution in [2.24, 2.45) is 0 Å². The minimum atomic E-state index is -1.40. The lowest BCUT2D eigenvalue weighted by molar-refractivity contribution is -0.150. The lowest BCUT2D eigenvalue weighted by atomic mass is 10.1. The van der Waals surface area contributed by atoms with E-state index in [0.717, 1.165) is 23.5 Å². The zero-order valence-electron chi connectivity index (χ0n) is 14.5. The third-order valence-corrected chi connectivity index (χ3v) is 4.03. The Morgan fingerprint density at radius 2 is 2.12 bits per heavy atom. The fourth-order valence-corrected chi connectivity index (χ4v) is 2.62. The first-order valence-electron chi connectivity index (χ1n) is 8.57. The van der Waals surface area contributed by atoms with Crippen LogP contribution in [0.3, 0.4) is 0 Å². The summed E-state index contributed by atoms with van der Waals surface area (Å²) >= 11 is 0. The molecule has 4 atom stereocenters. The highest BCUT2D eigenvalue weighted by atomic mass is 16.6. The molecule has 144 valence electrons. The molecule has 2 heterocycles. The molecular formula is C17H24N2O7. The Kier molecular flexibility index (Phi) is 7.31. The topological polar surface area (TPSA) is 131 Å². The molecule has 1 aromatic heterocycles. The molecule has 1 saturated heterocycles. The number of allylic oxidation sites excluding steroid dienone is 2. The summed E-state index contributed by atoms with van der Waals surface area (Å²) in [6.45, 7) is 1.79. The molecule has 9 heteroatoms. The molecule has 0 radical (unpaired) electrons. The molecule has 3 N–H and O–H groups in total. The van der Waals surface area contributed by atoms with Gasteiger partial charge in [-0.3, -0.25) is 19.1 Å². The van der Waals surface area contributed by atoms with Crippen molar-refractivity contribution < 1.29 is 24.5 Å². The van der Waals surface area contributed by atoms with E-state index in [-0.39, 0.29) is 13.0 Å². The standard InChI is InChI=1S/C17H24N2O7/c1-2-3-4-5-6-7-13(21)25-10-11-14(22)15(23)16(26-11)19-9-8-12(20)18-17(19)24/h3-4,8-9,11,14-16,22-23H,2,5-7,10H2,1H3,(H,18,20,24)/b4-3-/t11?,14-,15-,16-/m1/s1. The minimum Gasteiger partial charge on any atom is -0.463 e. The number of rotatable bonds is 8. The van der Waals surface area contributed by atoms with E-state index in [4.69, 9.17) is 9.47 Å². The van der Waals surface area contributed by atoms with Crippen LogP contribution in [0.15, 0.2) is 34.0 Å². The molecule has 0 spiro atoms. The fraction of sp³-hybridized carbons (Fsp3) is 0.588. The number of esters is 1. The van der Waals surface area contributed by atoms with Crippen LogP contribution in [0, 0.1) is 0 Å². The fourth-order valence-electron chi connectivity index (χ4n) is 2.62. The van der Waals surface area contributed by atoms with Gasteiger partial charge in [-0.15, -0.1) is 0 Å². The van der Waals surface area contributed by atoms with Crippen LogP contribution in [0.25, 0.3) is 0 Å². The smallest absolute Gasteiger partial charge is 0.330 e. The summed E-state index contributed by atoms with van der Waals surface area (Å²) in [6, 6.07) is 1.10. The zero-order chi connectivity index (χ0) is 19.1. The normalized spacial score (nSPS) is 25.7. The lowest BCUT2D eigenvalue weighted by Crippen LogP contribution is -2.37. The van der Waals surface area contributed by atoms with E-state index in [0.29, 0.717) is 6.42 Å². The average Bonchev–Trinajstić information content (AvgIpc) is 2.88. The second-order valence-electron chi connectivity index (χ2n) is 6.02. The number of aromatic amines is 1. The van der Waals surface area contributed by atoms with E-state index in [2.05, 4.69) is 0 Å². The van der Waals surface area contributed by atoms with E-state index in [1.54, 1.807) is 0 Å². The number of carbonyl (C=O) groups excluding carboxylic acids is 1. The Labute approximate surface area is 149 Å². The van der Waals surface area contributed by atoms with Gasteiger partial charge in [0.15, 0.2) is 6.23 Å². The number of ether oxygens (including phenoxy) is 2. The van der Waals surface area contributed by atoms with Crippen molar-refractivity contribution in [2.45, 2.75) is 57.1 Å². The highest BCUT2D eigenvalue weighted by Crippen LogP contribution is 2.28. The first kappa shape index (κ1) is 20.1. The van der Waals surface area contributed by atoms with E-state index < -0.39 is 41.8 Å². The number of unbranched alkanes of at least 4 members (excludes halogenated alkanes) is 1. The molecule has 0 aliphatic carbocycles. The monoisotopic (exact) mass is 368 g/mol. The van der Waals surface area contributed by atoms with Gasteiger partial charge in [0.1, 0.15) is 24.9 Å². The zero-order valence-corrected chi connectivity index (χ0v) is 14.5. The molecular weight excluding hydrogens is 344 g/mol. The highest BCUT2D eigenvalue weighted by molar-refractivity contribution is 5.69. The quantitative estimate of drug-likeness (QED) is 0.330. The summed E-state index contributed by atoms with van der Waals surface area (Å²) in [6.07, 6.45) is 2.92. The third-order valence-electron chi connectivity index (χ3n) is 4.03. The number of aliphatic hydroxyl groups excluding tert-OH is 2. The molecule has 1 aliphatic rings. The van der Waals surface area contributed by atoms with Gasteiger partial charge in [0.05, 0.1) is 0 Å². The third kappa shape index (κ3) is 5.13. The maximum Gasteiger partial charge on any atom is 0.330 e. The maximum absolute atomic E-state index is 11.8. The molecule has 1 unspecified atom stereocenters. The molecule has 0 saturated carbocycles. The summed E-state index contributed by atoms with van der Waals surface area (Å²) in [7, 11) is 0. The van der Waals surface area contributed by atoms with Gasteiger partial charge in [0.25, 0.3) is 5.56 Å². The van der Waals surface area contributed by atoms with Gasteiger partial charge in [-0.2, -0.15) is 0 Å². The summed E-state index contributed by atoms with van der Waals surface area (Å²) < 4.78 is 11.5. The van der Waals surface area contributed by atoms with Crippen LogP contribution in [0.4, 0.5) is 0 Å². The molecule has 26 heavy (non-hydrogen) atoms. The Morgan fingerprint density at radius 1 is 1.35 bits per heavy atom. The molecule has 9 nitrogen and oxygen atoms in total. The van der Waals surface area contributed by atoms with Gasteiger partial charge in [-0.25, -0.2) is 4.79 Å². The van der Waals surface area contributed by atoms with E-state index in [1.807, 2.05) is 24.1 Å². The van der Waals surface area contributed by atoms with Gasteiger partial charge in [0, 0.05) is 18.7 Å². The number of H-pyrrole nitrogens is 1. The van der Waals surface area contributed by atoms with Crippen molar-refractivity contribution in [3.05, 3.63) is 45.3 Å². The lowest BCUT2D eigenvalue weighted by Gasteiger charge is -2.16. The number of nitrogens with one attached hydrogen (secondary N) is 1. The Morgan fingerprint density at radius 3 is 2.81 bits per heavy atom. The molecule has 1 aliphatic heterocycles. The summed E-state index contributed by atoms with van der Waals surface area (Å²) in [4.78, 5) is 36.7. The van der Waals surface area contributed by atoms with E-state index in [1.165, 1.54) is 6.20 Å². The van der Waals surface area contributed by atoms with Gasteiger partial charge >= 0.3 is 11.7 Å². The highest BCUT2D eigenvalue weighted by Gasteiger charge is 2.44. The van der Waals surface area contributed by atoms with Crippen molar-refractivity contribution in [1.29, 1.82) is 0 Å². The van der Waals surface area contributed by atoms with E-state index >= 15 is 0 Å². The van der Waals surface area contributed by atoms with Gasteiger partial charge < -0.3 is 19.7 Å². The number of hydrogen-bond donors (Lipinski definition) is 3. The van der Waals surface area contributed by atoms with Crippen LogP contribution >= 0.6 is 0 Å². The Bertz CT molecular complexity index is 739. The number of aliphatic hydroxyl groups is 2. The molecule has 0 amide bonds. The molecule has 0 aromatic carbocycles. The predicted molar refractivity (Wildman–Crippen MR) is 91.5 cm³/mol. The maximum atomic E-state index is 11.8. The second-order valence-corrected chi connectivity index (χ2v) is 6.02. The van der Waals surface area contributed by atoms with Crippen molar-refractivity contribution in [3.8, 4) is 0 Å². The first-order chi connectivity index (χ1) is 12.4. The van der Waals surface area contributed by atoms with Crippen LogP contribution < -0.4 is 11.2 Å². The van der Waals surface area contributed by atoms with Gasteiger partial charge in [-0.1, -0.05) is 19.1 Å². The van der Waals surface area contributed by atoms with Gasteiger partial charge in [0.2, 0.25) is 0 Å². The van der Waals surface area contributed by atoms with Crippen molar-refractivity contribution in [2.75, 3.05) is 6.61 Å². The largest absolute Gasteiger partial charge is 0.463 e. The first-order valence-corrected chi connectivity index (χ1v) is 8.57. The summed E-state index contributed by atoms with van der Waals surface area (Å²) in [5.74, 6) is -0.426. The second kappa shape index (κ2) is 9.46. The van der Waals surface area contributed by atoms with Crippen LogP contribution in [-0.4, -0.2) is 50.7 Å². The van der Waals surface area contributed by atoms with Crippen LogP contribution in [-0.2, 0) is 14.3 Å². The van der Waals surface area contributed by atoms with Crippen molar-refractivity contribution in [3.63, 3.8) is 0 Å². The average molecular weight is 368 g/mol. The van der Waals surface area contributed by atoms with E-state index in [9.17, 15) is 24.6 Å². The van der Waals surface area contributed by atoms with Crippen LogP contribution in [0.5, 0.6) is 0 Å². The summed E-state index contributed by atoms with van der Waals surface area (Å²) in [5.41, 5.74) is -1.36. The number of hydrogen-bond acceptors (Lipinski definition) is 7. The van der Waals surface area contributed by atoms with Crippen LogP contribution in [0.2, 0.25) is 0 Å². The molecule has 1 aromatic rings. The summed E-state index contributed by atoms with van der Waals surface area (Å²) in [5, 5.41) is 20.1. The van der Waals surface area contributed by atoms with Crippen molar-refractivity contribution in [1.82, 2.24) is 9.55 Å². The predicted octanol–water partition coefficient (Wildman–Crippen LogP) is -0.164. The number of aromatic nitrogens is 2. The number of carbonyl (C=O) groups is 1. The molecule has 2 rings (SSSR count). The Hall–Kier alpha value is -2.23. The minimum absolute atomic E-state index is 0.238. The molecule has 1 fully saturated rings. The van der Waals surface area contributed by atoms with Gasteiger partial charge in [-0.05, 0) is 19.3 Å². The Balaban J connectivity index is 1.87. The van der Waals surface area contributed by atoms with Crippen molar-refractivity contribution >= 4 is 5.97 Å². The van der Waals surface area contributed by atoms with Crippen LogP contribution in [0.1, 0.15) is 38.8 Å².